The molecule has 2 N–H and O–H groups in total. The second-order valence-electron chi connectivity index (χ2n) is 2.52. The largest absolute Gasteiger partial charge is 0.388 e. The topological polar surface area (TPSA) is 49.3 Å². The molecule has 1 aliphatic rings. The molecule has 3 heteroatoms. The molecule has 1 atom stereocenters. The van der Waals surface area contributed by atoms with E-state index >= 15 is 0 Å². The van der Waals surface area contributed by atoms with E-state index < -0.39 is 6.10 Å². The molecule has 0 bridgehead atoms. The molecule has 0 saturated heterocycles. The van der Waals surface area contributed by atoms with E-state index in [2.05, 4.69) is 11.9 Å². The summed E-state index contributed by atoms with van der Waals surface area (Å²) in [7, 11) is 0. The summed E-state index contributed by atoms with van der Waals surface area (Å²) in [6.45, 7) is 3.56. The maximum atomic E-state index is 10.1. The number of aliphatic hydroxyl groups excluding tert-OH is 1. The van der Waals surface area contributed by atoms with Gasteiger partial charge in [-0.3, -0.25) is 4.79 Å². The molecule has 0 aromatic carbocycles. The van der Waals surface area contributed by atoms with Gasteiger partial charge >= 0.3 is 0 Å². The standard InChI is InChI=1S/C9H11NO2/c1-2-7-5-8(10-6-11)3-4-9(7)12/h2-3,5-6,9,12H,1,4H2,(H,10,11). The Hall–Kier alpha value is -1.35. The fraction of sp³-hybridized carbons (Fsp3) is 0.222. The Bertz CT molecular complexity index is 253. The van der Waals surface area contributed by atoms with Crippen molar-refractivity contribution in [2.24, 2.45) is 0 Å². The van der Waals surface area contributed by atoms with Crippen LogP contribution in [0.15, 0.2) is 36.1 Å². The van der Waals surface area contributed by atoms with Gasteiger partial charge in [-0.25, -0.2) is 0 Å². The minimum Gasteiger partial charge on any atom is -0.388 e. The van der Waals surface area contributed by atoms with Gasteiger partial charge in [0.15, 0.2) is 0 Å². The summed E-state index contributed by atoms with van der Waals surface area (Å²) in [5.41, 5.74) is 1.45. The fourth-order valence-electron chi connectivity index (χ4n) is 1.07. The number of hydrogen-bond donors (Lipinski definition) is 2. The molecular weight excluding hydrogens is 154 g/mol. The first-order chi connectivity index (χ1) is 5.77. The van der Waals surface area contributed by atoms with E-state index in [4.69, 9.17) is 0 Å². The molecule has 0 heterocycles. The van der Waals surface area contributed by atoms with Crippen molar-refractivity contribution in [2.75, 3.05) is 0 Å². The zero-order valence-electron chi connectivity index (χ0n) is 6.66. The predicted molar refractivity (Wildman–Crippen MR) is 46.2 cm³/mol. The van der Waals surface area contributed by atoms with Crippen molar-refractivity contribution >= 4 is 6.41 Å². The third-order valence-electron chi connectivity index (χ3n) is 1.73. The SMILES string of the molecule is C=CC1=CC(NC=O)=CCC1O. The Labute approximate surface area is 71.1 Å². The number of carbonyl (C=O) groups excluding carboxylic acids is 1. The molecule has 12 heavy (non-hydrogen) atoms. The first-order valence-corrected chi connectivity index (χ1v) is 3.70. The van der Waals surface area contributed by atoms with Crippen LogP contribution < -0.4 is 5.32 Å². The van der Waals surface area contributed by atoms with E-state index in [9.17, 15) is 9.90 Å². The second kappa shape index (κ2) is 3.88. The molecule has 0 aromatic rings. The summed E-state index contributed by atoms with van der Waals surface area (Å²) in [6.07, 6.45) is 5.71. The summed E-state index contributed by atoms with van der Waals surface area (Å²) < 4.78 is 0. The van der Waals surface area contributed by atoms with Crippen LogP contribution in [0, 0.1) is 0 Å². The van der Waals surface area contributed by atoms with E-state index in [1.54, 1.807) is 18.2 Å². The lowest BCUT2D eigenvalue weighted by Gasteiger charge is -2.15. The minimum atomic E-state index is -0.486. The lowest BCUT2D eigenvalue weighted by molar-refractivity contribution is -0.108. The Morgan fingerprint density at radius 1 is 1.75 bits per heavy atom. The Kier molecular flexibility index (Phi) is 2.82. The van der Waals surface area contributed by atoms with Crippen LogP contribution >= 0.6 is 0 Å². The Balaban J connectivity index is 2.76. The van der Waals surface area contributed by atoms with Crippen LogP contribution in [0.4, 0.5) is 0 Å². The van der Waals surface area contributed by atoms with Crippen LogP contribution in [0.5, 0.6) is 0 Å². The first-order valence-electron chi connectivity index (χ1n) is 3.70. The van der Waals surface area contributed by atoms with E-state index in [1.165, 1.54) is 0 Å². The van der Waals surface area contributed by atoms with Gasteiger partial charge in [-0.1, -0.05) is 18.7 Å². The molecule has 1 amide bonds. The molecule has 1 unspecified atom stereocenters. The lowest BCUT2D eigenvalue weighted by Crippen LogP contribution is -2.17. The van der Waals surface area contributed by atoms with Crippen LogP contribution in [-0.4, -0.2) is 17.6 Å². The fourth-order valence-corrected chi connectivity index (χ4v) is 1.07. The Morgan fingerprint density at radius 3 is 3.08 bits per heavy atom. The van der Waals surface area contributed by atoms with Gasteiger partial charge in [0.05, 0.1) is 6.10 Å². The normalized spacial score (nSPS) is 22.2. The third kappa shape index (κ3) is 1.83. The monoisotopic (exact) mass is 165 g/mol. The highest BCUT2D eigenvalue weighted by molar-refractivity contribution is 5.53. The molecule has 1 rings (SSSR count). The van der Waals surface area contributed by atoms with Gasteiger partial charge in [-0.15, -0.1) is 0 Å². The van der Waals surface area contributed by atoms with Gasteiger partial charge < -0.3 is 10.4 Å². The van der Waals surface area contributed by atoms with Gasteiger partial charge in [-0.05, 0) is 18.1 Å². The maximum absolute atomic E-state index is 10.1. The molecule has 1 aliphatic carbocycles. The van der Waals surface area contributed by atoms with E-state index in [1.807, 2.05) is 0 Å². The van der Waals surface area contributed by atoms with Crippen molar-refractivity contribution in [3.63, 3.8) is 0 Å². The molecule has 64 valence electrons. The van der Waals surface area contributed by atoms with Crippen LogP contribution in [0.2, 0.25) is 0 Å². The van der Waals surface area contributed by atoms with Crippen molar-refractivity contribution in [3.05, 3.63) is 36.1 Å². The quantitative estimate of drug-likeness (QED) is 0.598. The van der Waals surface area contributed by atoms with Crippen molar-refractivity contribution in [1.29, 1.82) is 0 Å². The van der Waals surface area contributed by atoms with Crippen molar-refractivity contribution < 1.29 is 9.90 Å². The minimum absolute atomic E-state index is 0.486. The second-order valence-corrected chi connectivity index (χ2v) is 2.52. The van der Waals surface area contributed by atoms with Crippen LogP contribution in [0.25, 0.3) is 0 Å². The van der Waals surface area contributed by atoms with Crippen LogP contribution in [-0.2, 0) is 4.79 Å². The highest BCUT2D eigenvalue weighted by atomic mass is 16.3. The molecule has 0 aromatic heterocycles. The number of allylic oxidation sites excluding steroid dienone is 1. The van der Waals surface area contributed by atoms with Gasteiger partial charge in [0.2, 0.25) is 6.41 Å². The van der Waals surface area contributed by atoms with E-state index in [0.29, 0.717) is 18.5 Å². The zero-order valence-corrected chi connectivity index (χ0v) is 6.66. The van der Waals surface area contributed by atoms with E-state index in [0.717, 1.165) is 5.57 Å². The molecule has 0 saturated carbocycles. The van der Waals surface area contributed by atoms with Crippen LogP contribution in [0.1, 0.15) is 6.42 Å². The average molecular weight is 165 g/mol. The number of amides is 1. The Morgan fingerprint density at radius 2 is 2.50 bits per heavy atom. The van der Waals surface area contributed by atoms with Crippen molar-refractivity contribution in [1.82, 2.24) is 5.32 Å². The van der Waals surface area contributed by atoms with Gasteiger partial charge in [0.25, 0.3) is 0 Å². The summed E-state index contributed by atoms with van der Waals surface area (Å²) in [6, 6.07) is 0. The average Bonchev–Trinajstić information content (AvgIpc) is 2.09. The number of rotatable bonds is 3. The zero-order chi connectivity index (χ0) is 8.97. The molecule has 0 radical (unpaired) electrons. The third-order valence-corrected chi connectivity index (χ3v) is 1.73. The smallest absolute Gasteiger partial charge is 0.211 e. The predicted octanol–water partition coefficient (Wildman–Crippen LogP) is 0.493. The summed E-state index contributed by atoms with van der Waals surface area (Å²) in [4.78, 5) is 10.1. The highest BCUT2D eigenvalue weighted by Gasteiger charge is 2.11. The van der Waals surface area contributed by atoms with E-state index in [-0.39, 0.29) is 0 Å². The number of nitrogens with one attached hydrogen (secondary N) is 1. The van der Waals surface area contributed by atoms with Gasteiger partial charge in [0, 0.05) is 5.70 Å². The highest BCUT2D eigenvalue weighted by Crippen LogP contribution is 2.16. The number of hydrogen-bond acceptors (Lipinski definition) is 2. The first kappa shape index (κ1) is 8.74. The summed E-state index contributed by atoms with van der Waals surface area (Å²) in [5.74, 6) is 0. The molecule has 0 aliphatic heterocycles. The molecule has 0 fully saturated rings. The van der Waals surface area contributed by atoms with Crippen LogP contribution in [0.3, 0.4) is 0 Å². The molecule has 3 nitrogen and oxygen atoms in total. The number of carbonyl (C=O) groups is 1. The molecule has 0 spiro atoms. The summed E-state index contributed by atoms with van der Waals surface area (Å²) in [5, 5.41) is 11.9. The van der Waals surface area contributed by atoms with Gasteiger partial charge in [-0.2, -0.15) is 0 Å². The van der Waals surface area contributed by atoms with Crippen molar-refractivity contribution in [3.8, 4) is 0 Å². The van der Waals surface area contributed by atoms with Gasteiger partial charge in [0.1, 0.15) is 0 Å². The lowest BCUT2D eigenvalue weighted by atomic mass is 10.0. The molecular formula is C9H11NO2. The van der Waals surface area contributed by atoms with Crippen molar-refractivity contribution in [2.45, 2.75) is 12.5 Å². The maximum Gasteiger partial charge on any atom is 0.211 e. The summed E-state index contributed by atoms with van der Waals surface area (Å²) >= 11 is 0. The number of aliphatic hydroxyl groups is 1.